The predicted octanol–water partition coefficient (Wildman–Crippen LogP) is 4.25. The molecular formula is C20H20N2O2. The Morgan fingerprint density at radius 1 is 1.21 bits per heavy atom. The lowest BCUT2D eigenvalue weighted by molar-refractivity contribution is 0.104. The number of rotatable bonds is 5. The summed E-state index contributed by atoms with van der Waals surface area (Å²) < 4.78 is 7.27. The van der Waals surface area contributed by atoms with E-state index in [-0.39, 0.29) is 5.78 Å². The Morgan fingerprint density at radius 2 is 1.96 bits per heavy atom. The van der Waals surface area contributed by atoms with Crippen molar-refractivity contribution in [2.45, 2.75) is 20.8 Å². The molecule has 0 saturated heterocycles. The van der Waals surface area contributed by atoms with Crippen LogP contribution in [0.4, 0.5) is 0 Å². The Bertz CT molecular complexity index is 905. The van der Waals surface area contributed by atoms with Crippen molar-refractivity contribution in [2.24, 2.45) is 0 Å². The molecule has 0 amide bonds. The second-order valence-electron chi connectivity index (χ2n) is 5.63. The molecule has 0 bridgehead atoms. The van der Waals surface area contributed by atoms with Crippen LogP contribution in [-0.4, -0.2) is 21.8 Å². The maximum atomic E-state index is 12.6. The van der Waals surface area contributed by atoms with Crippen LogP contribution in [0, 0.1) is 13.8 Å². The third-order valence-electron chi connectivity index (χ3n) is 3.87. The van der Waals surface area contributed by atoms with Gasteiger partial charge in [-0.1, -0.05) is 24.3 Å². The quantitative estimate of drug-likeness (QED) is 0.521. The number of benzene rings is 1. The number of aromatic nitrogens is 2. The molecule has 2 heterocycles. The summed E-state index contributed by atoms with van der Waals surface area (Å²) in [5.41, 5.74) is 4.18. The van der Waals surface area contributed by atoms with Gasteiger partial charge in [0.25, 0.3) is 0 Å². The summed E-state index contributed by atoms with van der Waals surface area (Å²) in [6.45, 7) is 6.45. The fraction of sp³-hybridized carbons (Fsp3) is 0.200. The molecule has 0 fully saturated rings. The van der Waals surface area contributed by atoms with E-state index in [4.69, 9.17) is 4.74 Å². The van der Waals surface area contributed by atoms with Crippen LogP contribution in [0.3, 0.4) is 0 Å². The molecule has 0 aliphatic heterocycles. The van der Waals surface area contributed by atoms with Crippen molar-refractivity contribution in [2.75, 3.05) is 6.61 Å². The number of aryl methyl sites for hydroxylation is 2. The zero-order valence-corrected chi connectivity index (χ0v) is 14.1. The molecule has 4 heteroatoms. The molecule has 3 aromatic rings. The minimum atomic E-state index is -0.0560. The first kappa shape index (κ1) is 16.0. The Morgan fingerprint density at radius 3 is 2.67 bits per heavy atom. The third-order valence-corrected chi connectivity index (χ3v) is 3.87. The van der Waals surface area contributed by atoms with Gasteiger partial charge in [0.15, 0.2) is 0 Å². The summed E-state index contributed by atoms with van der Waals surface area (Å²) >= 11 is 0. The molecule has 0 aliphatic carbocycles. The monoisotopic (exact) mass is 320 g/mol. The molecule has 0 unspecified atom stereocenters. The average Bonchev–Trinajstić information content (AvgIpc) is 2.92. The van der Waals surface area contributed by atoms with Crippen LogP contribution in [0.25, 0.3) is 11.7 Å². The summed E-state index contributed by atoms with van der Waals surface area (Å²) in [4.78, 5) is 17.1. The van der Waals surface area contributed by atoms with E-state index in [1.54, 1.807) is 6.08 Å². The molecule has 122 valence electrons. The number of ketones is 1. The summed E-state index contributed by atoms with van der Waals surface area (Å²) in [5, 5.41) is 0. The van der Waals surface area contributed by atoms with E-state index < -0.39 is 0 Å². The molecule has 0 radical (unpaired) electrons. The largest absolute Gasteiger partial charge is 0.494 e. The van der Waals surface area contributed by atoms with E-state index in [0.29, 0.717) is 12.3 Å². The number of nitrogens with zero attached hydrogens (tertiary/aromatic N) is 2. The highest BCUT2D eigenvalue weighted by molar-refractivity contribution is 6.07. The lowest BCUT2D eigenvalue weighted by Crippen LogP contribution is -2.02. The van der Waals surface area contributed by atoms with Gasteiger partial charge in [0.05, 0.1) is 12.3 Å². The standard InChI is InChI=1S/C20H20N2O2/c1-4-24-17-10-7-16(8-11-17)9-12-18(23)19-15(3)21-20-14(2)6-5-13-22(19)20/h5-13H,4H2,1-3H3. The maximum Gasteiger partial charge on any atom is 0.204 e. The summed E-state index contributed by atoms with van der Waals surface area (Å²) in [6.07, 6.45) is 5.28. The van der Waals surface area contributed by atoms with Gasteiger partial charge in [-0.2, -0.15) is 0 Å². The topological polar surface area (TPSA) is 43.6 Å². The lowest BCUT2D eigenvalue weighted by atomic mass is 10.1. The number of fused-ring (bicyclic) bond motifs is 1. The van der Waals surface area contributed by atoms with Crippen molar-refractivity contribution in [1.82, 2.24) is 9.38 Å². The number of pyridine rings is 1. The number of ether oxygens (including phenoxy) is 1. The van der Waals surface area contributed by atoms with Gasteiger partial charge in [0, 0.05) is 6.20 Å². The highest BCUT2D eigenvalue weighted by Crippen LogP contribution is 2.17. The first-order valence-corrected chi connectivity index (χ1v) is 7.99. The van der Waals surface area contributed by atoms with Crippen LogP contribution in [0.2, 0.25) is 0 Å². The number of hydrogen-bond acceptors (Lipinski definition) is 3. The molecule has 0 spiro atoms. The van der Waals surface area contributed by atoms with E-state index in [1.165, 1.54) is 0 Å². The average molecular weight is 320 g/mol. The van der Waals surface area contributed by atoms with Crippen LogP contribution in [-0.2, 0) is 0 Å². The van der Waals surface area contributed by atoms with Crippen LogP contribution in [0.1, 0.15) is 34.2 Å². The summed E-state index contributed by atoms with van der Waals surface area (Å²) in [6, 6.07) is 11.6. The van der Waals surface area contributed by atoms with Crippen LogP contribution in [0.5, 0.6) is 5.75 Å². The predicted molar refractivity (Wildman–Crippen MR) is 95.6 cm³/mol. The van der Waals surface area contributed by atoms with E-state index in [1.807, 2.05) is 73.8 Å². The molecule has 0 aliphatic rings. The van der Waals surface area contributed by atoms with Gasteiger partial charge in [-0.25, -0.2) is 4.98 Å². The number of carbonyl (C=O) groups is 1. The molecule has 3 rings (SSSR count). The van der Waals surface area contributed by atoms with Gasteiger partial charge in [0.1, 0.15) is 17.1 Å². The SMILES string of the molecule is CCOc1ccc(C=CC(=O)c2c(C)nc3c(C)cccn23)cc1. The Labute approximate surface area is 141 Å². The minimum Gasteiger partial charge on any atom is -0.494 e. The number of hydrogen-bond donors (Lipinski definition) is 0. The maximum absolute atomic E-state index is 12.6. The van der Waals surface area contributed by atoms with Crippen molar-refractivity contribution >= 4 is 17.5 Å². The van der Waals surface area contributed by atoms with Crippen molar-refractivity contribution < 1.29 is 9.53 Å². The van der Waals surface area contributed by atoms with Crippen molar-refractivity contribution in [1.29, 1.82) is 0 Å². The first-order valence-electron chi connectivity index (χ1n) is 7.99. The molecule has 4 nitrogen and oxygen atoms in total. The van der Waals surface area contributed by atoms with E-state index in [0.717, 1.165) is 28.2 Å². The van der Waals surface area contributed by atoms with E-state index >= 15 is 0 Å². The first-order chi connectivity index (χ1) is 11.6. The zero-order valence-electron chi connectivity index (χ0n) is 14.1. The fourth-order valence-corrected chi connectivity index (χ4v) is 2.71. The van der Waals surface area contributed by atoms with Gasteiger partial charge in [-0.3, -0.25) is 9.20 Å². The Kier molecular flexibility index (Phi) is 4.47. The van der Waals surface area contributed by atoms with Gasteiger partial charge in [-0.15, -0.1) is 0 Å². The van der Waals surface area contributed by atoms with Gasteiger partial charge >= 0.3 is 0 Å². The van der Waals surface area contributed by atoms with E-state index in [9.17, 15) is 4.79 Å². The van der Waals surface area contributed by atoms with Crippen molar-refractivity contribution in [3.8, 4) is 5.75 Å². The molecule has 0 saturated carbocycles. The summed E-state index contributed by atoms with van der Waals surface area (Å²) in [5.74, 6) is 0.772. The second-order valence-corrected chi connectivity index (χ2v) is 5.63. The molecule has 24 heavy (non-hydrogen) atoms. The molecule has 1 aromatic carbocycles. The van der Waals surface area contributed by atoms with Crippen molar-refractivity contribution in [3.05, 3.63) is 71.2 Å². The van der Waals surface area contributed by atoms with Crippen LogP contribution in [0.15, 0.2) is 48.7 Å². The van der Waals surface area contributed by atoms with Gasteiger partial charge in [-0.05, 0) is 56.2 Å². The molecular weight excluding hydrogens is 300 g/mol. The van der Waals surface area contributed by atoms with Crippen molar-refractivity contribution in [3.63, 3.8) is 0 Å². The van der Waals surface area contributed by atoms with Crippen LogP contribution >= 0.6 is 0 Å². The smallest absolute Gasteiger partial charge is 0.204 e. The normalized spacial score (nSPS) is 11.3. The second kappa shape index (κ2) is 6.71. The summed E-state index contributed by atoms with van der Waals surface area (Å²) in [7, 11) is 0. The molecule has 2 aromatic heterocycles. The number of carbonyl (C=O) groups excluding carboxylic acids is 1. The number of imidazole rings is 1. The van der Waals surface area contributed by atoms with Crippen LogP contribution < -0.4 is 4.74 Å². The number of allylic oxidation sites excluding steroid dienone is 1. The third kappa shape index (κ3) is 3.08. The highest BCUT2D eigenvalue weighted by atomic mass is 16.5. The van der Waals surface area contributed by atoms with E-state index in [2.05, 4.69) is 4.98 Å². The molecule has 0 N–H and O–H groups in total. The zero-order chi connectivity index (χ0) is 17.1. The Balaban J connectivity index is 1.87. The highest BCUT2D eigenvalue weighted by Gasteiger charge is 2.15. The Hall–Kier alpha value is -2.88. The minimum absolute atomic E-state index is 0.0560. The molecule has 0 atom stereocenters. The van der Waals surface area contributed by atoms with Gasteiger partial charge < -0.3 is 4.74 Å². The van der Waals surface area contributed by atoms with Gasteiger partial charge in [0.2, 0.25) is 5.78 Å². The fourth-order valence-electron chi connectivity index (χ4n) is 2.71. The lowest BCUT2D eigenvalue weighted by Gasteiger charge is -2.02.